The van der Waals surface area contributed by atoms with Crippen LogP contribution in [-0.2, 0) is 0 Å². The van der Waals surface area contributed by atoms with Gasteiger partial charge in [0.05, 0.1) is 0 Å². The van der Waals surface area contributed by atoms with Crippen molar-refractivity contribution < 1.29 is 4.79 Å². The molecule has 1 amide bonds. The molecule has 0 aromatic heterocycles. The molecule has 0 aliphatic carbocycles. The number of carbonyl (C=O) groups is 1. The fraction of sp³-hybridized carbons (Fsp3) is 0.500. The molecule has 1 fully saturated rings. The molecule has 2 rings (SSSR count). The molecule has 4 heteroatoms. The van der Waals surface area contributed by atoms with Crippen molar-refractivity contribution in [3.63, 3.8) is 0 Å². The van der Waals surface area contributed by atoms with Crippen LogP contribution in [0.4, 0.5) is 0 Å². The quantitative estimate of drug-likeness (QED) is 0.915. The highest BCUT2D eigenvalue weighted by molar-refractivity contribution is 5.94. The summed E-state index contributed by atoms with van der Waals surface area (Å²) in [6, 6.07) is 9.86. The second-order valence-corrected chi connectivity index (χ2v) is 4.59. The minimum atomic E-state index is 0. The van der Waals surface area contributed by atoms with Crippen molar-refractivity contribution in [1.29, 1.82) is 0 Å². The van der Waals surface area contributed by atoms with Gasteiger partial charge < -0.3 is 10.6 Å². The summed E-state index contributed by atoms with van der Waals surface area (Å²) in [4.78, 5) is 14.4. The number of benzene rings is 1. The smallest absolute Gasteiger partial charge is 0.254 e. The maximum absolute atomic E-state index is 12.4. The lowest BCUT2D eigenvalue weighted by Gasteiger charge is -2.35. The van der Waals surface area contributed by atoms with Gasteiger partial charge in [-0.1, -0.05) is 18.2 Å². The highest BCUT2D eigenvalue weighted by Gasteiger charge is 2.26. The van der Waals surface area contributed by atoms with Crippen molar-refractivity contribution in [3.8, 4) is 0 Å². The van der Waals surface area contributed by atoms with Crippen LogP contribution in [0.15, 0.2) is 30.3 Å². The summed E-state index contributed by atoms with van der Waals surface area (Å²) in [6.07, 6.45) is 4.33. The second kappa shape index (κ2) is 7.39. The first kappa shape index (κ1) is 15.0. The van der Waals surface area contributed by atoms with Crippen LogP contribution in [0.3, 0.4) is 0 Å². The van der Waals surface area contributed by atoms with Gasteiger partial charge in [0.15, 0.2) is 0 Å². The van der Waals surface area contributed by atoms with Crippen molar-refractivity contribution in [1.82, 2.24) is 4.90 Å². The maximum atomic E-state index is 12.4. The van der Waals surface area contributed by atoms with Crippen LogP contribution in [0.25, 0.3) is 0 Å². The van der Waals surface area contributed by atoms with Gasteiger partial charge in [0, 0.05) is 18.2 Å². The summed E-state index contributed by atoms with van der Waals surface area (Å²) in [5.74, 6) is 0.156. The summed E-state index contributed by atoms with van der Waals surface area (Å²) >= 11 is 0. The predicted octanol–water partition coefficient (Wildman–Crippen LogP) is 2.45. The van der Waals surface area contributed by atoms with E-state index in [2.05, 4.69) is 0 Å². The average molecular weight is 269 g/mol. The van der Waals surface area contributed by atoms with E-state index in [4.69, 9.17) is 5.73 Å². The molecule has 0 saturated carbocycles. The molecule has 100 valence electrons. The molecule has 1 atom stereocenters. The lowest BCUT2D eigenvalue weighted by molar-refractivity contribution is 0.0605. The van der Waals surface area contributed by atoms with Crippen LogP contribution in [-0.4, -0.2) is 29.9 Å². The molecule has 1 heterocycles. The van der Waals surface area contributed by atoms with E-state index in [1.807, 2.05) is 35.2 Å². The molecular formula is C14H21ClN2O. The van der Waals surface area contributed by atoms with E-state index in [9.17, 15) is 4.79 Å². The van der Waals surface area contributed by atoms with Crippen molar-refractivity contribution in [3.05, 3.63) is 35.9 Å². The number of nitrogens with two attached hydrogens (primary N) is 1. The number of hydrogen-bond donors (Lipinski definition) is 1. The van der Waals surface area contributed by atoms with Gasteiger partial charge in [0.2, 0.25) is 0 Å². The van der Waals surface area contributed by atoms with Gasteiger partial charge in [0.25, 0.3) is 5.91 Å². The van der Waals surface area contributed by atoms with E-state index < -0.39 is 0 Å². The normalized spacial score (nSPS) is 19.2. The number of carbonyl (C=O) groups excluding carboxylic acids is 1. The van der Waals surface area contributed by atoms with Gasteiger partial charge in [-0.15, -0.1) is 12.4 Å². The Bertz CT molecular complexity index is 367. The summed E-state index contributed by atoms with van der Waals surface area (Å²) in [5, 5.41) is 0. The van der Waals surface area contributed by atoms with Crippen molar-refractivity contribution in [2.24, 2.45) is 5.73 Å². The highest BCUT2D eigenvalue weighted by Crippen LogP contribution is 2.21. The van der Waals surface area contributed by atoms with E-state index in [0.29, 0.717) is 12.6 Å². The third-order valence-electron chi connectivity index (χ3n) is 3.41. The third kappa shape index (κ3) is 3.47. The first-order chi connectivity index (χ1) is 8.33. The first-order valence-electron chi connectivity index (χ1n) is 6.39. The molecule has 0 spiro atoms. The zero-order valence-electron chi connectivity index (χ0n) is 10.5. The van der Waals surface area contributed by atoms with Gasteiger partial charge in [-0.05, 0) is 44.4 Å². The maximum Gasteiger partial charge on any atom is 0.254 e. The standard InChI is InChI=1S/C14H20N2O.ClH/c15-10-9-13-8-4-5-11-16(13)14(17)12-6-2-1-3-7-12;/h1-3,6-7,13H,4-5,8-11,15H2;1H. The van der Waals surface area contributed by atoms with E-state index in [-0.39, 0.29) is 18.3 Å². The summed E-state index contributed by atoms with van der Waals surface area (Å²) < 4.78 is 0. The van der Waals surface area contributed by atoms with Crippen LogP contribution < -0.4 is 5.73 Å². The molecular weight excluding hydrogens is 248 g/mol. The topological polar surface area (TPSA) is 46.3 Å². The van der Waals surface area contributed by atoms with Gasteiger partial charge >= 0.3 is 0 Å². The SMILES string of the molecule is Cl.NCCC1CCCCN1C(=O)c1ccccc1. The van der Waals surface area contributed by atoms with Gasteiger partial charge in [-0.25, -0.2) is 0 Å². The molecule has 2 N–H and O–H groups in total. The van der Waals surface area contributed by atoms with Crippen LogP contribution in [0.1, 0.15) is 36.0 Å². The van der Waals surface area contributed by atoms with Crippen molar-refractivity contribution in [2.45, 2.75) is 31.7 Å². The van der Waals surface area contributed by atoms with Crippen molar-refractivity contribution in [2.75, 3.05) is 13.1 Å². The molecule has 1 aromatic rings. The molecule has 18 heavy (non-hydrogen) atoms. The fourth-order valence-corrected chi connectivity index (χ4v) is 2.51. The highest BCUT2D eigenvalue weighted by atomic mass is 35.5. The summed E-state index contributed by atoms with van der Waals surface area (Å²) in [5.41, 5.74) is 6.41. The second-order valence-electron chi connectivity index (χ2n) is 4.59. The number of halogens is 1. The van der Waals surface area contributed by atoms with E-state index >= 15 is 0 Å². The molecule has 1 unspecified atom stereocenters. The Morgan fingerprint density at radius 1 is 1.28 bits per heavy atom. The predicted molar refractivity (Wildman–Crippen MR) is 76.0 cm³/mol. The molecule has 3 nitrogen and oxygen atoms in total. The van der Waals surface area contributed by atoms with Crippen LogP contribution in [0, 0.1) is 0 Å². The van der Waals surface area contributed by atoms with Crippen molar-refractivity contribution >= 4 is 18.3 Å². The largest absolute Gasteiger partial charge is 0.336 e. The summed E-state index contributed by atoms with van der Waals surface area (Å²) in [6.45, 7) is 1.53. The van der Waals surface area contributed by atoms with E-state index in [1.54, 1.807) is 0 Å². The lowest BCUT2D eigenvalue weighted by atomic mass is 9.98. The molecule has 1 aromatic carbocycles. The fourth-order valence-electron chi connectivity index (χ4n) is 2.51. The molecule has 0 radical (unpaired) electrons. The Morgan fingerprint density at radius 2 is 2.00 bits per heavy atom. The zero-order valence-corrected chi connectivity index (χ0v) is 11.4. The molecule has 1 saturated heterocycles. The number of hydrogen-bond acceptors (Lipinski definition) is 2. The average Bonchev–Trinajstić information content (AvgIpc) is 2.40. The van der Waals surface area contributed by atoms with E-state index in [1.165, 1.54) is 6.42 Å². The van der Waals surface area contributed by atoms with Gasteiger partial charge in [-0.3, -0.25) is 4.79 Å². The Hall–Kier alpha value is -1.06. The molecule has 0 bridgehead atoms. The minimum absolute atomic E-state index is 0. The van der Waals surface area contributed by atoms with E-state index in [0.717, 1.165) is 31.4 Å². The van der Waals surface area contributed by atoms with Gasteiger partial charge in [0.1, 0.15) is 0 Å². The number of piperidine rings is 1. The Labute approximate surface area is 115 Å². The van der Waals surface area contributed by atoms with Crippen LogP contribution in [0.5, 0.6) is 0 Å². The number of likely N-dealkylation sites (tertiary alicyclic amines) is 1. The first-order valence-corrected chi connectivity index (χ1v) is 6.39. The van der Waals surface area contributed by atoms with Crippen LogP contribution >= 0.6 is 12.4 Å². The lowest BCUT2D eigenvalue weighted by Crippen LogP contribution is -2.44. The van der Waals surface area contributed by atoms with Crippen LogP contribution in [0.2, 0.25) is 0 Å². The Morgan fingerprint density at radius 3 is 2.67 bits per heavy atom. The Balaban J connectivity index is 0.00000162. The minimum Gasteiger partial charge on any atom is -0.336 e. The molecule has 1 aliphatic rings. The monoisotopic (exact) mass is 268 g/mol. The third-order valence-corrected chi connectivity index (χ3v) is 3.41. The Kier molecular flexibility index (Phi) is 6.16. The summed E-state index contributed by atoms with van der Waals surface area (Å²) in [7, 11) is 0. The van der Waals surface area contributed by atoms with Gasteiger partial charge in [-0.2, -0.15) is 0 Å². The number of nitrogens with zero attached hydrogens (tertiary/aromatic N) is 1. The number of amides is 1. The zero-order chi connectivity index (χ0) is 12.1. The molecule has 1 aliphatic heterocycles. The number of rotatable bonds is 3.